The molecule has 1 N–H and O–H groups in total. The highest BCUT2D eigenvalue weighted by Crippen LogP contribution is 2.35. The molecule has 2 nitrogen and oxygen atoms in total. The molecule has 0 bridgehead atoms. The first kappa shape index (κ1) is 10.7. The summed E-state index contributed by atoms with van der Waals surface area (Å²) in [6.45, 7) is 0. The van der Waals surface area contributed by atoms with Crippen molar-refractivity contribution < 1.29 is 22.4 Å². The summed E-state index contributed by atoms with van der Waals surface area (Å²) < 4.78 is 51.7. The number of carbonyl (C=O) groups excluding carboxylic acids is 1. The van der Waals surface area contributed by atoms with Crippen molar-refractivity contribution in [2.45, 2.75) is 5.92 Å². The van der Waals surface area contributed by atoms with Gasteiger partial charge in [0.2, 0.25) is 0 Å². The summed E-state index contributed by atoms with van der Waals surface area (Å²) in [7, 11) is 0. The molecule has 0 radical (unpaired) electrons. The fraction of sp³-hybridized carbons (Fsp3) is 0.100. The fourth-order valence-corrected chi connectivity index (χ4v) is 1.49. The lowest BCUT2D eigenvalue weighted by Gasteiger charge is -2.08. The quantitative estimate of drug-likeness (QED) is 0.625. The van der Waals surface area contributed by atoms with E-state index in [9.17, 15) is 22.4 Å². The van der Waals surface area contributed by atoms with Gasteiger partial charge in [-0.25, -0.2) is 4.39 Å². The lowest BCUT2D eigenvalue weighted by molar-refractivity contribution is -0.156. The fourth-order valence-electron chi connectivity index (χ4n) is 1.49. The van der Waals surface area contributed by atoms with E-state index in [0.29, 0.717) is 0 Å². The third kappa shape index (κ3) is 1.37. The topological polar surface area (TPSA) is 32.9 Å². The maximum absolute atomic E-state index is 13.3. The Morgan fingerprint density at radius 1 is 1.31 bits per heavy atom. The molecule has 16 heavy (non-hydrogen) atoms. The van der Waals surface area contributed by atoms with Gasteiger partial charge in [-0.2, -0.15) is 13.2 Å². The van der Waals surface area contributed by atoms with Crippen LogP contribution < -0.4 is 0 Å². The number of nitrogens with one attached hydrogen (secondary N) is 1. The van der Waals surface area contributed by atoms with Gasteiger partial charge in [-0.3, -0.25) is 4.79 Å². The van der Waals surface area contributed by atoms with Gasteiger partial charge in [0.1, 0.15) is 5.82 Å². The second-order valence-electron chi connectivity index (χ2n) is 3.21. The Bertz CT molecular complexity index is 561. The van der Waals surface area contributed by atoms with E-state index in [4.69, 9.17) is 0 Å². The summed E-state index contributed by atoms with van der Waals surface area (Å²) in [6.07, 6.45) is 0.727. The Morgan fingerprint density at radius 3 is 2.62 bits per heavy atom. The van der Waals surface area contributed by atoms with Crippen molar-refractivity contribution in [3.05, 3.63) is 35.8 Å². The van der Waals surface area contributed by atoms with E-state index < -0.39 is 28.7 Å². The predicted octanol–water partition coefficient (Wildman–Crippen LogP) is 2.89. The lowest BCUT2D eigenvalue weighted by Crippen LogP contribution is -2.21. The van der Waals surface area contributed by atoms with E-state index in [0.717, 1.165) is 12.3 Å². The Kier molecular flexibility index (Phi) is 2.22. The van der Waals surface area contributed by atoms with Crippen molar-refractivity contribution in [3.8, 4) is 0 Å². The van der Waals surface area contributed by atoms with Gasteiger partial charge in [-0.05, 0) is 12.1 Å². The van der Waals surface area contributed by atoms with Crippen molar-refractivity contribution >= 4 is 16.9 Å². The number of rotatable bonds is 2. The minimum atomic E-state index is -4.33. The van der Waals surface area contributed by atoms with E-state index in [1.165, 1.54) is 12.1 Å². The largest absolute Gasteiger partial charge is 0.375 e. The molecule has 1 heterocycles. The maximum atomic E-state index is 13.3. The summed E-state index contributed by atoms with van der Waals surface area (Å²) in [5.74, 6) is -5.27. The van der Waals surface area contributed by atoms with Gasteiger partial charge in [0.15, 0.2) is 0 Å². The van der Waals surface area contributed by atoms with Crippen LogP contribution >= 0.6 is 0 Å². The first-order valence-electron chi connectivity index (χ1n) is 4.28. The van der Waals surface area contributed by atoms with Crippen LogP contribution in [0.3, 0.4) is 0 Å². The molecular formula is C10H5F4NO. The summed E-state index contributed by atoms with van der Waals surface area (Å²) >= 11 is 0. The van der Waals surface area contributed by atoms with Crippen LogP contribution in [-0.4, -0.2) is 11.0 Å². The monoisotopic (exact) mass is 231 g/mol. The highest BCUT2D eigenvalue weighted by Gasteiger charge is 2.44. The molecule has 0 unspecified atom stereocenters. The molecule has 84 valence electrons. The normalized spacial score (nSPS) is 12.0. The molecule has 0 aliphatic heterocycles. The zero-order valence-corrected chi connectivity index (χ0v) is 7.73. The zero-order valence-electron chi connectivity index (χ0n) is 7.73. The van der Waals surface area contributed by atoms with E-state index in [1.807, 2.05) is 0 Å². The first-order chi connectivity index (χ1) is 7.44. The average molecular weight is 231 g/mol. The van der Waals surface area contributed by atoms with Crippen LogP contribution in [0, 0.1) is 5.82 Å². The van der Waals surface area contributed by atoms with Gasteiger partial charge in [0.25, 0.3) is 0 Å². The van der Waals surface area contributed by atoms with E-state index >= 15 is 0 Å². The minimum Gasteiger partial charge on any atom is -0.361 e. The van der Waals surface area contributed by atoms with Crippen molar-refractivity contribution in [2.24, 2.45) is 0 Å². The van der Waals surface area contributed by atoms with Crippen LogP contribution in [0.2, 0.25) is 0 Å². The van der Waals surface area contributed by atoms with E-state index in [2.05, 4.69) is 4.98 Å². The summed E-state index contributed by atoms with van der Waals surface area (Å²) in [5, 5.41) is -0.474. The SMILES string of the molecule is O=C(F)C(F)(F)c1c[nH]c2cccc(F)c12. The summed E-state index contributed by atoms with van der Waals surface area (Å²) in [5.41, 5.74) is -0.913. The second-order valence-corrected chi connectivity index (χ2v) is 3.21. The van der Waals surface area contributed by atoms with Crippen molar-refractivity contribution in [1.82, 2.24) is 4.98 Å². The molecular weight excluding hydrogens is 226 g/mol. The molecule has 2 aromatic rings. The number of alkyl halides is 2. The molecule has 0 atom stereocenters. The number of hydrogen-bond acceptors (Lipinski definition) is 1. The zero-order chi connectivity index (χ0) is 11.9. The van der Waals surface area contributed by atoms with Crippen molar-refractivity contribution in [1.29, 1.82) is 0 Å². The molecule has 0 saturated heterocycles. The Labute approximate surface area is 86.9 Å². The van der Waals surface area contributed by atoms with Gasteiger partial charge >= 0.3 is 12.0 Å². The molecule has 0 aliphatic carbocycles. The van der Waals surface area contributed by atoms with Gasteiger partial charge in [-0.15, -0.1) is 0 Å². The smallest absolute Gasteiger partial charge is 0.361 e. The van der Waals surface area contributed by atoms with E-state index in [1.54, 1.807) is 0 Å². The van der Waals surface area contributed by atoms with Crippen LogP contribution in [0.5, 0.6) is 0 Å². The molecule has 0 aliphatic rings. The number of halogens is 4. The molecule has 6 heteroatoms. The molecule has 0 spiro atoms. The first-order valence-corrected chi connectivity index (χ1v) is 4.28. The number of hydrogen-bond donors (Lipinski definition) is 1. The minimum absolute atomic E-state index is 0.0796. The molecule has 0 amide bonds. The number of fused-ring (bicyclic) bond motifs is 1. The number of aromatic nitrogens is 1. The van der Waals surface area contributed by atoms with Gasteiger partial charge < -0.3 is 4.98 Å². The van der Waals surface area contributed by atoms with E-state index in [-0.39, 0.29) is 5.52 Å². The molecule has 1 aromatic carbocycles. The highest BCUT2D eigenvalue weighted by molar-refractivity contribution is 5.90. The van der Waals surface area contributed by atoms with Crippen LogP contribution in [0.15, 0.2) is 24.4 Å². The number of H-pyrrole nitrogens is 1. The Balaban J connectivity index is 2.76. The Morgan fingerprint density at radius 2 is 2.00 bits per heavy atom. The number of carbonyl (C=O) groups is 1. The maximum Gasteiger partial charge on any atom is 0.375 e. The molecule has 0 fully saturated rings. The summed E-state index contributed by atoms with van der Waals surface area (Å²) in [6, 6.07) is 0.809. The van der Waals surface area contributed by atoms with Gasteiger partial charge in [0.05, 0.1) is 5.56 Å². The number of aromatic amines is 1. The average Bonchev–Trinajstić information content (AvgIpc) is 2.63. The van der Waals surface area contributed by atoms with Crippen molar-refractivity contribution in [2.75, 3.05) is 0 Å². The van der Waals surface area contributed by atoms with Crippen LogP contribution in [0.1, 0.15) is 5.56 Å². The lowest BCUT2D eigenvalue weighted by atomic mass is 10.1. The standard InChI is InChI=1S/C10H5F4NO/c11-6-2-1-3-7-8(6)5(4-15-7)10(13,14)9(12)16/h1-4,15H. The third-order valence-electron chi connectivity index (χ3n) is 2.24. The van der Waals surface area contributed by atoms with Crippen LogP contribution in [0.4, 0.5) is 17.6 Å². The Hall–Kier alpha value is -1.85. The predicted molar refractivity (Wildman–Crippen MR) is 48.3 cm³/mol. The van der Waals surface area contributed by atoms with Gasteiger partial charge in [0, 0.05) is 17.1 Å². The van der Waals surface area contributed by atoms with Crippen molar-refractivity contribution in [3.63, 3.8) is 0 Å². The van der Waals surface area contributed by atoms with Gasteiger partial charge in [-0.1, -0.05) is 6.07 Å². The molecule has 0 saturated carbocycles. The third-order valence-corrected chi connectivity index (χ3v) is 2.24. The molecule has 2 rings (SSSR count). The second kappa shape index (κ2) is 3.33. The number of benzene rings is 1. The summed E-state index contributed by atoms with van der Waals surface area (Å²) in [4.78, 5) is 12.5. The van der Waals surface area contributed by atoms with Crippen LogP contribution in [-0.2, 0) is 10.7 Å². The van der Waals surface area contributed by atoms with Crippen LogP contribution in [0.25, 0.3) is 10.9 Å². The highest BCUT2D eigenvalue weighted by atomic mass is 19.3. The molecule has 1 aromatic heterocycles.